The van der Waals surface area contributed by atoms with Gasteiger partial charge in [0.15, 0.2) is 6.07 Å². The predicted octanol–water partition coefficient (Wildman–Crippen LogP) is 4.18. The first-order valence-electron chi connectivity index (χ1n) is 8.36. The average molecular weight is 376 g/mol. The summed E-state index contributed by atoms with van der Waals surface area (Å²) >= 11 is 0. The SMILES string of the molecule is C[C@@H]1[C@H](Cc2cccc(-c3cccc(F)c3)c2F)N(C(=O)C#N)CC1(F)F. The number of halogens is 4. The Morgan fingerprint density at radius 3 is 2.63 bits per heavy atom. The highest BCUT2D eigenvalue weighted by Gasteiger charge is 2.53. The standard InChI is InChI=1S/C20H16F4N2O/c1-12-17(26(18(27)10-25)11-20(12,23)24)9-14-5-3-7-16(19(14)22)13-4-2-6-15(21)8-13/h2-8,12,17H,9,11H2,1H3/t12-,17+/m1/s1. The van der Waals surface area contributed by atoms with Crippen LogP contribution in [0.15, 0.2) is 42.5 Å². The normalized spacial score (nSPS) is 21.1. The smallest absolute Gasteiger partial charge is 0.320 e. The van der Waals surface area contributed by atoms with E-state index >= 15 is 0 Å². The number of hydrogen-bond acceptors (Lipinski definition) is 2. The first-order chi connectivity index (χ1) is 12.7. The van der Waals surface area contributed by atoms with Crippen LogP contribution in [0.1, 0.15) is 12.5 Å². The fourth-order valence-electron chi connectivity index (χ4n) is 3.46. The highest BCUT2D eigenvalue weighted by atomic mass is 19.3. The third kappa shape index (κ3) is 3.52. The maximum atomic E-state index is 15.0. The summed E-state index contributed by atoms with van der Waals surface area (Å²) in [5, 5.41) is 8.81. The molecule has 1 fully saturated rings. The molecule has 27 heavy (non-hydrogen) atoms. The lowest BCUT2D eigenvalue weighted by Crippen LogP contribution is -2.38. The van der Waals surface area contributed by atoms with Crippen LogP contribution in [0.2, 0.25) is 0 Å². The lowest BCUT2D eigenvalue weighted by molar-refractivity contribution is -0.127. The fourth-order valence-corrected chi connectivity index (χ4v) is 3.46. The second kappa shape index (κ2) is 7.03. The summed E-state index contributed by atoms with van der Waals surface area (Å²) in [6.07, 6.45) is -0.167. The summed E-state index contributed by atoms with van der Waals surface area (Å²) in [4.78, 5) is 12.6. The second-order valence-electron chi connectivity index (χ2n) is 6.66. The number of rotatable bonds is 3. The van der Waals surface area contributed by atoms with Crippen LogP contribution in [0, 0.1) is 28.9 Å². The van der Waals surface area contributed by atoms with Crippen LogP contribution in [0.5, 0.6) is 0 Å². The summed E-state index contributed by atoms with van der Waals surface area (Å²) in [7, 11) is 0. The van der Waals surface area contributed by atoms with Crippen molar-refractivity contribution in [2.24, 2.45) is 5.92 Å². The van der Waals surface area contributed by atoms with E-state index in [-0.39, 0.29) is 17.5 Å². The highest BCUT2D eigenvalue weighted by Crippen LogP contribution is 2.39. The largest absolute Gasteiger partial charge is 0.325 e. The van der Waals surface area contributed by atoms with Gasteiger partial charge in [0.05, 0.1) is 6.54 Å². The molecular formula is C20H16F4N2O. The number of likely N-dealkylation sites (tertiary alicyclic amines) is 1. The molecule has 2 aromatic rings. The monoisotopic (exact) mass is 376 g/mol. The molecule has 3 rings (SSSR count). The van der Waals surface area contributed by atoms with Crippen LogP contribution >= 0.6 is 0 Å². The van der Waals surface area contributed by atoms with Crippen LogP contribution in [-0.4, -0.2) is 29.3 Å². The molecule has 1 saturated heterocycles. The molecule has 3 nitrogen and oxygen atoms in total. The van der Waals surface area contributed by atoms with Gasteiger partial charge in [0, 0.05) is 17.5 Å². The molecule has 0 aromatic heterocycles. The van der Waals surface area contributed by atoms with Crippen LogP contribution < -0.4 is 0 Å². The molecule has 7 heteroatoms. The van der Waals surface area contributed by atoms with Gasteiger partial charge in [0.1, 0.15) is 11.6 Å². The van der Waals surface area contributed by atoms with Gasteiger partial charge in [-0.25, -0.2) is 17.6 Å². The van der Waals surface area contributed by atoms with Crippen molar-refractivity contribution in [2.45, 2.75) is 25.3 Å². The van der Waals surface area contributed by atoms with Gasteiger partial charge >= 0.3 is 5.91 Å². The topological polar surface area (TPSA) is 44.1 Å². The molecular weight excluding hydrogens is 360 g/mol. The number of hydrogen-bond donors (Lipinski definition) is 0. The van der Waals surface area contributed by atoms with Crippen LogP contribution in [0.25, 0.3) is 11.1 Å². The van der Waals surface area contributed by atoms with Crippen molar-refractivity contribution in [3.63, 3.8) is 0 Å². The average Bonchev–Trinajstić information content (AvgIpc) is 2.86. The van der Waals surface area contributed by atoms with E-state index < -0.39 is 42.0 Å². The molecule has 0 aliphatic carbocycles. The van der Waals surface area contributed by atoms with E-state index in [1.165, 1.54) is 43.3 Å². The third-order valence-corrected chi connectivity index (χ3v) is 5.02. The fraction of sp³-hybridized carbons (Fsp3) is 0.300. The Labute approximate surface area is 153 Å². The number of carbonyl (C=O) groups excluding carboxylic acids is 1. The minimum absolute atomic E-state index is 0.127. The summed E-state index contributed by atoms with van der Waals surface area (Å²) in [6.45, 7) is 0.417. The first kappa shape index (κ1) is 18.9. The quantitative estimate of drug-likeness (QED) is 0.596. The number of benzene rings is 2. The van der Waals surface area contributed by atoms with Crippen LogP contribution in [0.3, 0.4) is 0 Å². The second-order valence-corrected chi connectivity index (χ2v) is 6.66. The van der Waals surface area contributed by atoms with E-state index in [1.54, 1.807) is 12.1 Å². The maximum Gasteiger partial charge on any atom is 0.325 e. The summed E-state index contributed by atoms with van der Waals surface area (Å²) in [5.74, 6) is -6.63. The molecule has 1 aliphatic rings. The Balaban J connectivity index is 1.97. The molecule has 1 aliphatic heterocycles. The zero-order valence-electron chi connectivity index (χ0n) is 14.4. The summed E-state index contributed by atoms with van der Waals surface area (Å²) in [5.41, 5.74) is 0.591. The number of nitrogens with zero attached hydrogens (tertiary/aromatic N) is 2. The van der Waals surface area contributed by atoms with Crippen molar-refractivity contribution < 1.29 is 22.4 Å². The molecule has 0 saturated carbocycles. The minimum atomic E-state index is -3.16. The van der Waals surface area contributed by atoms with Crippen molar-refractivity contribution in [3.8, 4) is 17.2 Å². The first-order valence-corrected chi connectivity index (χ1v) is 8.36. The van der Waals surface area contributed by atoms with E-state index in [4.69, 9.17) is 5.26 Å². The Morgan fingerprint density at radius 2 is 1.96 bits per heavy atom. The summed E-state index contributed by atoms with van der Waals surface area (Å²) in [6, 6.07) is 10.2. The molecule has 2 atom stereocenters. The predicted molar refractivity (Wildman–Crippen MR) is 90.7 cm³/mol. The number of amides is 1. The Bertz CT molecular complexity index is 922. The van der Waals surface area contributed by atoms with Crippen molar-refractivity contribution >= 4 is 5.91 Å². The van der Waals surface area contributed by atoms with E-state index in [9.17, 15) is 22.4 Å². The molecule has 0 spiro atoms. The number of carbonyl (C=O) groups is 1. The van der Waals surface area contributed by atoms with Gasteiger partial charge in [0.25, 0.3) is 5.92 Å². The van der Waals surface area contributed by atoms with Crippen molar-refractivity contribution in [2.75, 3.05) is 6.54 Å². The van der Waals surface area contributed by atoms with Crippen molar-refractivity contribution in [1.29, 1.82) is 5.26 Å². The van der Waals surface area contributed by atoms with Gasteiger partial charge in [-0.3, -0.25) is 4.79 Å². The van der Waals surface area contributed by atoms with E-state index in [0.717, 1.165) is 4.90 Å². The van der Waals surface area contributed by atoms with Gasteiger partial charge in [-0.2, -0.15) is 5.26 Å². The maximum absolute atomic E-state index is 15.0. The molecule has 1 heterocycles. The van der Waals surface area contributed by atoms with E-state index in [2.05, 4.69) is 0 Å². The molecule has 2 aromatic carbocycles. The van der Waals surface area contributed by atoms with E-state index in [1.807, 2.05) is 0 Å². The van der Waals surface area contributed by atoms with Gasteiger partial charge in [-0.05, 0) is 29.7 Å². The lowest BCUT2D eigenvalue weighted by Gasteiger charge is -2.24. The highest BCUT2D eigenvalue weighted by molar-refractivity contribution is 5.91. The van der Waals surface area contributed by atoms with Gasteiger partial charge in [-0.15, -0.1) is 0 Å². The molecule has 0 radical (unpaired) electrons. The Kier molecular flexibility index (Phi) is 4.92. The lowest BCUT2D eigenvalue weighted by atomic mass is 9.92. The zero-order valence-corrected chi connectivity index (χ0v) is 14.4. The Hall–Kier alpha value is -2.88. The van der Waals surface area contributed by atoms with E-state index in [0.29, 0.717) is 5.56 Å². The molecule has 0 unspecified atom stereocenters. The van der Waals surface area contributed by atoms with Crippen molar-refractivity contribution in [1.82, 2.24) is 4.90 Å². The number of alkyl halides is 2. The molecule has 1 amide bonds. The van der Waals surface area contributed by atoms with Crippen LogP contribution in [-0.2, 0) is 11.2 Å². The van der Waals surface area contributed by atoms with Gasteiger partial charge < -0.3 is 4.90 Å². The number of nitriles is 1. The third-order valence-electron chi connectivity index (χ3n) is 5.02. The minimum Gasteiger partial charge on any atom is -0.320 e. The Morgan fingerprint density at radius 1 is 1.26 bits per heavy atom. The van der Waals surface area contributed by atoms with Gasteiger partial charge in [0.2, 0.25) is 0 Å². The van der Waals surface area contributed by atoms with Crippen LogP contribution in [0.4, 0.5) is 17.6 Å². The van der Waals surface area contributed by atoms with Crippen molar-refractivity contribution in [3.05, 3.63) is 59.7 Å². The molecule has 0 N–H and O–H groups in total. The molecule has 140 valence electrons. The van der Waals surface area contributed by atoms with Gasteiger partial charge in [-0.1, -0.05) is 37.3 Å². The summed E-state index contributed by atoms with van der Waals surface area (Å²) < 4.78 is 56.6. The molecule has 0 bridgehead atoms. The zero-order chi connectivity index (χ0) is 19.8.